The van der Waals surface area contributed by atoms with Crippen LogP contribution in [0.5, 0.6) is 28.7 Å². The number of ether oxygens (including phenoxy) is 4. The highest BCUT2D eigenvalue weighted by molar-refractivity contribution is 6.02. The maximum Gasteiger partial charge on any atom is 0.203 e. The Morgan fingerprint density at radius 2 is 1.41 bits per heavy atom. The molecule has 3 aromatic rings. The first-order chi connectivity index (χ1) is 13.0. The van der Waals surface area contributed by atoms with Crippen molar-refractivity contribution in [3.8, 4) is 39.9 Å². The molecule has 140 valence electrons. The van der Waals surface area contributed by atoms with Crippen molar-refractivity contribution in [1.82, 2.24) is 0 Å². The van der Waals surface area contributed by atoms with Crippen molar-refractivity contribution in [1.29, 1.82) is 0 Å². The number of fused-ring (bicyclic) bond motifs is 1. The van der Waals surface area contributed by atoms with Gasteiger partial charge in [0.25, 0.3) is 0 Å². The molecule has 0 aliphatic rings. The molecule has 27 heavy (non-hydrogen) atoms. The van der Waals surface area contributed by atoms with Crippen molar-refractivity contribution in [2.75, 3.05) is 28.4 Å². The Balaban J connectivity index is 2.46. The van der Waals surface area contributed by atoms with Gasteiger partial charge in [-0.25, -0.2) is 0 Å². The summed E-state index contributed by atoms with van der Waals surface area (Å²) < 4.78 is 21.5. The van der Waals surface area contributed by atoms with E-state index in [1.807, 2.05) is 0 Å². The third kappa shape index (κ3) is 3.21. The fourth-order valence-corrected chi connectivity index (χ4v) is 3.10. The van der Waals surface area contributed by atoms with Crippen LogP contribution in [0.3, 0.4) is 0 Å². The third-order valence-corrected chi connectivity index (χ3v) is 4.35. The van der Waals surface area contributed by atoms with E-state index in [4.69, 9.17) is 18.9 Å². The van der Waals surface area contributed by atoms with Gasteiger partial charge in [-0.3, -0.25) is 4.79 Å². The average Bonchev–Trinajstić information content (AvgIpc) is 2.85. The Morgan fingerprint density at radius 1 is 0.704 bits per heavy atom. The molecule has 0 fully saturated rings. The lowest BCUT2D eigenvalue weighted by Crippen LogP contribution is -1.96. The second-order valence-corrected chi connectivity index (χ2v) is 5.79. The van der Waals surface area contributed by atoms with E-state index < -0.39 is 0 Å². The molecule has 3 rings (SSSR count). The first kappa shape index (κ1) is 18.4. The molecule has 0 spiro atoms. The second kappa shape index (κ2) is 7.45. The molecule has 0 heterocycles. The van der Waals surface area contributed by atoms with Crippen molar-refractivity contribution in [3.63, 3.8) is 0 Å². The van der Waals surface area contributed by atoms with Gasteiger partial charge in [0.1, 0.15) is 0 Å². The maximum absolute atomic E-state index is 12.3. The molecule has 0 aromatic heterocycles. The summed E-state index contributed by atoms with van der Waals surface area (Å²) in [5.74, 6) is 1.70. The molecule has 3 aromatic carbocycles. The topological polar surface area (TPSA) is 74.2 Å². The van der Waals surface area contributed by atoms with Gasteiger partial charge >= 0.3 is 0 Å². The normalized spacial score (nSPS) is 10.5. The molecule has 0 unspecified atom stereocenters. The van der Waals surface area contributed by atoms with Crippen LogP contribution in [0.4, 0.5) is 0 Å². The number of phenols is 1. The standard InChI is InChI=1S/C21H20O6/c1-24-18-8-5-12(9-17(18)23)15-10-13(22)6-7-14-16(15)11-19(25-2)21(27-4)20(14)26-3/h5-11,23H,1-4H3. The number of hydrogen-bond donors (Lipinski definition) is 1. The number of hydrogen-bond acceptors (Lipinski definition) is 6. The van der Waals surface area contributed by atoms with Crippen LogP contribution in [0.2, 0.25) is 0 Å². The summed E-state index contributed by atoms with van der Waals surface area (Å²) in [4.78, 5) is 12.3. The van der Waals surface area contributed by atoms with Gasteiger partial charge in [-0.1, -0.05) is 6.07 Å². The fourth-order valence-electron chi connectivity index (χ4n) is 3.10. The summed E-state index contributed by atoms with van der Waals surface area (Å²) in [7, 11) is 6.06. The van der Waals surface area contributed by atoms with Gasteiger partial charge in [-0.2, -0.15) is 0 Å². The minimum atomic E-state index is -0.184. The van der Waals surface area contributed by atoms with E-state index in [-0.39, 0.29) is 11.2 Å². The van der Waals surface area contributed by atoms with Crippen LogP contribution in [-0.4, -0.2) is 33.5 Å². The number of benzene rings is 2. The highest BCUT2D eigenvalue weighted by atomic mass is 16.5. The first-order valence-corrected chi connectivity index (χ1v) is 8.18. The molecule has 0 bridgehead atoms. The molecule has 0 atom stereocenters. The molecular formula is C21H20O6. The van der Waals surface area contributed by atoms with Crippen LogP contribution in [0.1, 0.15) is 0 Å². The Hall–Kier alpha value is -3.41. The first-order valence-electron chi connectivity index (χ1n) is 8.18. The van der Waals surface area contributed by atoms with Crippen LogP contribution >= 0.6 is 0 Å². The van der Waals surface area contributed by atoms with Crippen LogP contribution < -0.4 is 24.4 Å². The summed E-state index contributed by atoms with van der Waals surface area (Å²) in [6, 6.07) is 11.4. The molecule has 0 saturated heterocycles. The highest BCUT2D eigenvalue weighted by Crippen LogP contribution is 2.45. The van der Waals surface area contributed by atoms with Crippen molar-refractivity contribution < 1.29 is 24.1 Å². The molecule has 0 aliphatic heterocycles. The number of phenolic OH excluding ortho intramolecular Hbond substituents is 1. The van der Waals surface area contributed by atoms with Crippen molar-refractivity contribution in [3.05, 3.63) is 52.7 Å². The monoisotopic (exact) mass is 368 g/mol. The average molecular weight is 368 g/mol. The van der Waals surface area contributed by atoms with Crippen LogP contribution in [0, 0.1) is 0 Å². The van der Waals surface area contributed by atoms with E-state index in [1.54, 1.807) is 30.3 Å². The van der Waals surface area contributed by atoms with E-state index in [1.165, 1.54) is 40.6 Å². The van der Waals surface area contributed by atoms with Crippen LogP contribution in [-0.2, 0) is 0 Å². The molecule has 6 heteroatoms. The smallest absolute Gasteiger partial charge is 0.203 e. The Labute approximate surface area is 156 Å². The van der Waals surface area contributed by atoms with Crippen molar-refractivity contribution in [2.24, 2.45) is 0 Å². The van der Waals surface area contributed by atoms with Gasteiger partial charge in [-0.05, 0) is 52.9 Å². The second-order valence-electron chi connectivity index (χ2n) is 5.79. The number of rotatable bonds is 5. The van der Waals surface area contributed by atoms with E-state index in [2.05, 4.69) is 0 Å². The third-order valence-electron chi connectivity index (χ3n) is 4.35. The molecule has 6 nitrogen and oxygen atoms in total. The molecule has 0 amide bonds. The summed E-state index contributed by atoms with van der Waals surface area (Å²) in [6.45, 7) is 0. The van der Waals surface area contributed by atoms with Gasteiger partial charge in [-0.15, -0.1) is 0 Å². The molecule has 1 N–H and O–H groups in total. The quantitative estimate of drug-likeness (QED) is 0.742. The highest BCUT2D eigenvalue weighted by Gasteiger charge is 2.18. The van der Waals surface area contributed by atoms with Gasteiger partial charge in [0.15, 0.2) is 28.4 Å². The predicted octanol–water partition coefficient (Wildman–Crippen LogP) is 3.61. The lowest BCUT2D eigenvalue weighted by molar-refractivity contribution is 0.327. The summed E-state index contributed by atoms with van der Waals surface area (Å²) in [5, 5.41) is 11.6. The van der Waals surface area contributed by atoms with Crippen LogP contribution in [0.25, 0.3) is 21.9 Å². The molecular weight excluding hydrogens is 348 g/mol. The Bertz CT molecular complexity index is 1060. The van der Waals surface area contributed by atoms with Gasteiger partial charge in [0, 0.05) is 5.39 Å². The van der Waals surface area contributed by atoms with E-state index in [0.717, 1.165) is 5.39 Å². The number of aromatic hydroxyl groups is 1. The SMILES string of the molecule is COc1ccc(-c2cc(=O)ccc3c(OC)c(OC)c(OC)cc23)cc1O. The van der Waals surface area contributed by atoms with Crippen molar-refractivity contribution in [2.45, 2.75) is 0 Å². The van der Waals surface area contributed by atoms with E-state index in [9.17, 15) is 9.90 Å². The van der Waals surface area contributed by atoms with Gasteiger partial charge < -0.3 is 24.1 Å². The minimum absolute atomic E-state index is 0.0189. The predicted molar refractivity (Wildman–Crippen MR) is 104 cm³/mol. The molecule has 0 aliphatic carbocycles. The van der Waals surface area contributed by atoms with Crippen LogP contribution in [0.15, 0.2) is 47.3 Å². The van der Waals surface area contributed by atoms with Gasteiger partial charge in [0.2, 0.25) is 5.75 Å². The summed E-state index contributed by atoms with van der Waals surface area (Å²) in [6.07, 6.45) is 0. The molecule has 0 saturated carbocycles. The summed E-state index contributed by atoms with van der Waals surface area (Å²) >= 11 is 0. The fraction of sp³-hybridized carbons (Fsp3) is 0.190. The lowest BCUT2D eigenvalue weighted by Gasteiger charge is -2.15. The largest absolute Gasteiger partial charge is 0.504 e. The van der Waals surface area contributed by atoms with Crippen molar-refractivity contribution >= 4 is 10.8 Å². The number of methoxy groups -OCH3 is 4. The molecule has 0 radical (unpaired) electrons. The lowest BCUT2D eigenvalue weighted by atomic mass is 10.00. The van der Waals surface area contributed by atoms with E-state index >= 15 is 0 Å². The minimum Gasteiger partial charge on any atom is -0.504 e. The summed E-state index contributed by atoms with van der Waals surface area (Å²) in [5.41, 5.74) is 1.09. The van der Waals surface area contributed by atoms with E-state index in [0.29, 0.717) is 39.5 Å². The zero-order valence-corrected chi connectivity index (χ0v) is 15.5. The zero-order chi connectivity index (χ0) is 19.6. The maximum atomic E-state index is 12.3. The zero-order valence-electron chi connectivity index (χ0n) is 15.5. The Morgan fingerprint density at radius 3 is 2.00 bits per heavy atom. The van der Waals surface area contributed by atoms with Gasteiger partial charge in [0.05, 0.1) is 28.4 Å². The Kier molecular flexibility index (Phi) is 5.07.